The second-order valence-electron chi connectivity index (χ2n) is 6.89. The lowest BCUT2D eigenvalue weighted by atomic mass is 9.82. The summed E-state index contributed by atoms with van der Waals surface area (Å²) in [5.41, 5.74) is -11.7. The number of aromatic nitrogens is 2. The molecule has 1 aliphatic rings. The minimum atomic E-state index is -5.40. The van der Waals surface area contributed by atoms with Gasteiger partial charge in [-0.25, -0.2) is 9.48 Å². The third kappa shape index (κ3) is 4.34. The summed E-state index contributed by atoms with van der Waals surface area (Å²) in [6.45, 7) is 0. The van der Waals surface area contributed by atoms with Crippen LogP contribution in [0.1, 0.15) is 23.2 Å². The van der Waals surface area contributed by atoms with Crippen LogP contribution >= 0.6 is 11.6 Å². The highest BCUT2D eigenvalue weighted by Gasteiger charge is 2.56. The number of benzene rings is 1. The van der Waals surface area contributed by atoms with E-state index >= 15 is 0 Å². The van der Waals surface area contributed by atoms with E-state index in [-0.39, 0.29) is 0 Å². The number of esters is 2. The van der Waals surface area contributed by atoms with Crippen molar-refractivity contribution < 1.29 is 50.0 Å². The Morgan fingerprint density at radius 3 is 2.37 bits per heavy atom. The van der Waals surface area contributed by atoms with Crippen molar-refractivity contribution in [2.45, 2.75) is 28.5 Å². The fourth-order valence-electron chi connectivity index (χ4n) is 3.45. The molecule has 1 aromatic heterocycles. The van der Waals surface area contributed by atoms with E-state index in [1.807, 2.05) is 0 Å². The van der Waals surface area contributed by atoms with E-state index in [2.05, 4.69) is 19.9 Å². The van der Waals surface area contributed by atoms with Crippen LogP contribution in [0.4, 0.5) is 32.2 Å². The van der Waals surface area contributed by atoms with Gasteiger partial charge in [-0.05, 0) is 12.1 Å². The predicted molar refractivity (Wildman–Crippen MR) is 105 cm³/mol. The molecule has 0 fully saturated rings. The average Bonchev–Trinajstić information content (AvgIpc) is 3.13. The summed E-state index contributed by atoms with van der Waals surface area (Å²) in [4.78, 5) is 23.9. The van der Waals surface area contributed by atoms with E-state index in [9.17, 15) is 45.7 Å². The third-order valence-electron chi connectivity index (χ3n) is 4.91. The molecular weight excluding hydrogens is 534 g/mol. The van der Waals surface area contributed by atoms with Gasteiger partial charge in [0.25, 0.3) is 0 Å². The van der Waals surface area contributed by atoms with Crippen LogP contribution in [0.15, 0.2) is 17.0 Å². The first-order chi connectivity index (χ1) is 16.1. The molecule has 0 bridgehead atoms. The second-order valence-corrected chi connectivity index (χ2v) is 8.71. The summed E-state index contributed by atoms with van der Waals surface area (Å²) in [5.74, 6) is -3.48. The molecule has 0 spiro atoms. The molecule has 188 valence electrons. The molecule has 2 unspecified atom stereocenters. The van der Waals surface area contributed by atoms with Crippen molar-refractivity contribution in [3.63, 3.8) is 0 Å². The SMILES string of the molecule is COC(=O)CC1(C(=O)OC)Nc2c([S+]([O-])C(F)(F)F)c(C#N)nn2-c2c(Cl)cc(C(F)(F)F)cc21. The number of nitriles is 1. The largest absolute Gasteiger partial charge is 0.604 e. The predicted octanol–water partition coefficient (Wildman–Crippen LogP) is 3.40. The number of fused-ring (bicyclic) bond motifs is 3. The standard InChI is InChI=1S/C18H11ClF6N4O5S/c1-33-11(30)5-16(15(31)34-2)8-3-7(17(20,21)22)4-9(19)12(8)29-14(27-16)13(10(6-26)28-29)35(32)18(23,24)25/h3-4,27H,5H2,1-2H3. The van der Waals surface area contributed by atoms with Crippen LogP contribution in [0, 0.1) is 11.3 Å². The van der Waals surface area contributed by atoms with E-state index in [4.69, 9.17) is 11.6 Å². The Labute approximate surface area is 199 Å². The topological polar surface area (TPSA) is 129 Å². The van der Waals surface area contributed by atoms with Crippen LogP contribution in [0.5, 0.6) is 0 Å². The third-order valence-corrected chi connectivity index (χ3v) is 6.37. The molecule has 0 amide bonds. The van der Waals surface area contributed by atoms with E-state index in [1.54, 1.807) is 0 Å². The van der Waals surface area contributed by atoms with Gasteiger partial charge < -0.3 is 19.3 Å². The molecule has 1 N–H and O–H groups in total. The number of rotatable bonds is 4. The number of methoxy groups -OCH3 is 2. The van der Waals surface area contributed by atoms with Crippen molar-refractivity contribution in [3.05, 3.63) is 34.0 Å². The highest BCUT2D eigenvalue weighted by Crippen LogP contribution is 2.49. The van der Waals surface area contributed by atoms with Crippen molar-refractivity contribution in [1.29, 1.82) is 5.26 Å². The zero-order valence-corrected chi connectivity index (χ0v) is 18.9. The van der Waals surface area contributed by atoms with Gasteiger partial charge in [-0.15, -0.1) is 18.3 Å². The molecule has 0 radical (unpaired) electrons. The van der Waals surface area contributed by atoms with Crippen LogP contribution < -0.4 is 5.32 Å². The molecule has 1 aromatic carbocycles. The molecular formula is C18H11ClF6N4O5S. The van der Waals surface area contributed by atoms with Crippen molar-refractivity contribution in [2.75, 3.05) is 19.5 Å². The maximum Gasteiger partial charge on any atom is 0.578 e. The number of anilines is 1. The Hall–Kier alpha value is -3.16. The van der Waals surface area contributed by atoms with Gasteiger partial charge in [0.2, 0.25) is 10.6 Å². The van der Waals surface area contributed by atoms with E-state index < -0.39 is 85.0 Å². The summed E-state index contributed by atoms with van der Waals surface area (Å²) in [6, 6.07) is 2.15. The Balaban J connectivity index is 2.51. The Morgan fingerprint density at radius 1 is 1.26 bits per heavy atom. The number of nitrogens with zero attached hydrogens (tertiary/aromatic N) is 3. The summed E-state index contributed by atoms with van der Waals surface area (Å²) >= 11 is 2.17. The zero-order chi connectivity index (χ0) is 26.5. The molecule has 2 atom stereocenters. The number of ether oxygens (including phenoxy) is 2. The summed E-state index contributed by atoms with van der Waals surface area (Å²) in [5, 5.41) is 14.4. The quantitative estimate of drug-likeness (QED) is 0.352. The molecule has 9 nitrogen and oxygen atoms in total. The number of alkyl halides is 6. The minimum absolute atomic E-state index is 0.407. The molecule has 0 saturated heterocycles. The maximum absolute atomic E-state index is 13.5. The Kier molecular flexibility index (Phi) is 6.65. The van der Waals surface area contributed by atoms with Crippen molar-refractivity contribution in [1.82, 2.24) is 9.78 Å². The fourth-order valence-corrected chi connectivity index (χ4v) is 4.55. The molecule has 35 heavy (non-hydrogen) atoms. The molecule has 2 heterocycles. The van der Waals surface area contributed by atoms with Gasteiger partial charge in [0, 0.05) is 5.56 Å². The van der Waals surface area contributed by atoms with Gasteiger partial charge in [0.1, 0.15) is 17.2 Å². The van der Waals surface area contributed by atoms with E-state index in [0.29, 0.717) is 16.8 Å². The first-order valence-electron chi connectivity index (χ1n) is 8.99. The zero-order valence-electron chi connectivity index (χ0n) is 17.3. The Morgan fingerprint density at radius 2 is 1.89 bits per heavy atom. The number of carbonyl (C=O) groups excluding carboxylic acids is 2. The monoisotopic (exact) mass is 544 g/mol. The first kappa shape index (κ1) is 26.4. The summed E-state index contributed by atoms with van der Waals surface area (Å²) in [6.07, 6.45) is -6.09. The smallest absolute Gasteiger partial charge is 0.578 e. The first-order valence-corrected chi connectivity index (χ1v) is 10.5. The number of hydrogen-bond acceptors (Lipinski definition) is 8. The van der Waals surface area contributed by atoms with Crippen LogP contribution in [0.25, 0.3) is 5.69 Å². The lowest BCUT2D eigenvalue weighted by Crippen LogP contribution is -2.50. The average molecular weight is 545 g/mol. The van der Waals surface area contributed by atoms with Crippen LogP contribution in [-0.2, 0) is 42.0 Å². The van der Waals surface area contributed by atoms with Crippen LogP contribution in [0.3, 0.4) is 0 Å². The molecule has 2 aromatic rings. The highest BCUT2D eigenvalue weighted by molar-refractivity contribution is 7.92. The van der Waals surface area contributed by atoms with Gasteiger partial charge in [-0.2, -0.15) is 18.4 Å². The lowest BCUT2D eigenvalue weighted by molar-refractivity contribution is -0.153. The molecule has 0 saturated carbocycles. The number of halogens is 7. The van der Waals surface area contributed by atoms with Gasteiger partial charge in [0.05, 0.1) is 36.9 Å². The van der Waals surface area contributed by atoms with Gasteiger partial charge in [-0.3, -0.25) is 4.79 Å². The maximum atomic E-state index is 13.5. The highest BCUT2D eigenvalue weighted by atomic mass is 35.5. The molecule has 0 aliphatic carbocycles. The van der Waals surface area contributed by atoms with Gasteiger partial charge in [-0.1, -0.05) is 11.6 Å². The number of carbonyl (C=O) groups is 2. The fraction of sp³-hybridized carbons (Fsp3) is 0.333. The Bertz CT molecular complexity index is 1260. The van der Waals surface area contributed by atoms with Crippen LogP contribution in [-0.4, -0.2) is 46.0 Å². The van der Waals surface area contributed by atoms with Crippen molar-refractivity contribution in [3.8, 4) is 11.8 Å². The lowest BCUT2D eigenvalue weighted by Gasteiger charge is -2.38. The van der Waals surface area contributed by atoms with Gasteiger partial charge in [0.15, 0.2) is 11.4 Å². The normalized spacial score (nSPS) is 18.0. The van der Waals surface area contributed by atoms with Crippen LogP contribution in [0.2, 0.25) is 5.02 Å². The number of hydrogen-bond donors (Lipinski definition) is 1. The van der Waals surface area contributed by atoms with Crippen molar-refractivity contribution >= 4 is 40.5 Å². The summed E-state index contributed by atoms with van der Waals surface area (Å²) in [7, 11) is 1.69. The minimum Gasteiger partial charge on any atom is -0.604 e. The molecule has 1 aliphatic heterocycles. The van der Waals surface area contributed by atoms with Crippen molar-refractivity contribution in [2.24, 2.45) is 0 Å². The molecule has 17 heteroatoms. The number of nitrogens with one attached hydrogen (secondary N) is 1. The van der Waals surface area contributed by atoms with Gasteiger partial charge >= 0.3 is 23.6 Å². The summed E-state index contributed by atoms with van der Waals surface area (Å²) < 4.78 is 103. The second kappa shape index (κ2) is 8.81. The van der Waals surface area contributed by atoms with E-state index in [0.717, 1.165) is 14.2 Å². The van der Waals surface area contributed by atoms with E-state index in [1.165, 1.54) is 6.07 Å². The molecule has 3 rings (SSSR count).